The van der Waals surface area contributed by atoms with Gasteiger partial charge in [-0.15, -0.1) is 0 Å². The van der Waals surface area contributed by atoms with Crippen molar-refractivity contribution in [3.63, 3.8) is 0 Å². The lowest BCUT2D eigenvalue weighted by Crippen LogP contribution is -2.62. The lowest BCUT2D eigenvalue weighted by Gasteiger charge is -2.42. The maximum absolute atomic E-state index is 13.2. The first-order valence-corrected chi connectivity index (χ1v) is 8.75. The molecule has 2 fully saturated rings. The van der Waals surface area contributed by atoms with Crippen molar-refractivity contribution in [2.75, 3.05) is 6.54 Å². The van der Waals surface area contributed by atoms with Crippen LogP contribution in [-0.2, 0) is 14.4 Å². The van der Waals surface area contributed by atoms with Crippen molar-refractivity contribution < 1.29 is 29.1 Å². The molecule has 1 aromatic carbocycles. The molecular formula is C18H17N3O6. The lowest BCUT2D eigenvalue weighted by molar-refractivity contribution is -0.181. The number of rotatable bonds is 2. The molecule has 27 heavy (non-hydrogen) atoms. The van der Waals surface area contributed by atoms with Gasteiger partial charge in [0.2, 0.25) is 5.91 Å². The summed E-state index contributed by atoms with van der Waals surface area (Å²) in [7, 11) is 0. The van der Waals surface area contributed by atoms with E-state index in [0.717, 1.165) is 14.9 Å². The van der Waals surface area contributed by atoms with Gasteiger partial charge in [0.1, 0.15) is 6.04 Å². The Kier molecular flexibility index (Phi) is 3.94. The van der Waals surface area contributed by atoms with Crippen LogP contribution in [0.5, 0.6) is 0 Å². The first-order valence-electron chi connectivity index (χ1n) is 8.75. The smallest absolute Gasteiger partial charge is 0.328 e. The first-order chi connectivity index (χ1) is 12.9. The second kappa shape index (κ2) is 6.19. The topological polar surface area (TPSA) is 115 Å². The van der Waals surface area contributed by atoms with Crippen LogP contribution < -0.4 is 0 Å². The lowest BCUT2D eigenvalue weighted by atomic mass is 10.1. The van der Waals surface area contributed by atoms with E-state index in [4.69, 9.17) is 0 Å². The molecular weight excluding hydrogens is 354 g/mol. The molecule has 9 nitrogen and oxygen atoms in total. The Bertz CT molecular complexity index is 847. The quantitative estimate of drug-likeness (QED) is 0.746. The minimum absolute atomic E-state index is 0.0253. The number of hydrazine groups is 1. The van der Waals surface area contributed by atoms with Crippen molar-refractivity contribution in [3.8, 4) is 0 Å². The molecule has 4 rings (SSSR count). The third-order valence-corrected chi connectivity index (χ3v) is 5.26. The molecule has 140 valence electrons. The Labute approximate surface area is 154 Å². The third kappa shape index (κ3) is 2.49. The summed E-state index contributed by atoms with van der Waals surface area (Å²) in [5.74, 6) is -3.50. The van der Waals surface area contributed by atoms with Gasteiger partial charge in [-0.3, -0.25) is 29.1 Å². The molecule has 0 radical (unpaired) electrons. The molecule has 0 bridgehead atoms. The Morgan fingerprint density at radius 3 is 2.22 bits per heavy atom. The molecule has 1 N–H and O–H groups in total. The number of hydrogen-bond donors (Lipinski definition) is 1. The van der Waals surface area contributed by atoms with E-state index in [2.05, 4.69) is 0 Å². The van der Waals surface area contributed by atoms with Crippen molar-refractivity contribution in [1.82, 2.24) is 14.9 Å². The number of aliphatic carboxylic acids is 1. The average molecular weight is 371 g/mol. The van der Waals surface area contributed by atoms with Crippen LogP contribution in [0, 0.1) is 0 Å². The van der Waals surface area contributed by atoms with Gasteiger partial charge < -0.3 is 5.11 Å². The molecule has 0 spiro atoms. The summed E-state index contributed by atoms with van der Waals surface area (Å²) in [5, 5.41) is 11.6. The molecule has 0 aromatic heterocycles. The van der Waals surface area contributed by atoms with Gasteiger partial charge in [0.15, 0.2) is 6.04 Å². The zero-order chi connectivity index (χ0) is 19.3. The van der Waals surface area contributed by atoms with Gasteiger partial charge in [-0.25, -0.2) is 9.80 Å². The number of benzene rings is 1. The van der Waals surface area contributed by atoms with E-state index in [-0.39, 0.29) is 42.8 Å². The highest BCUT2D eigenvalue weighted by Crippen LogP contribution is 2.31. The van der Waals surface area contributed by atoms with Gasteiger partial charge in [-0.05, 0) is 31.4 Å². The van der Waals surface area contributed by atoms with Crippen LogP contribution in [0.3, 0.4) is 0 Å². The Hall–Kier alpha value is -3.23. The predicted molar refractivity (Wildman–Crippen MR) is 89.2 cm³/mol. The molecule has 9 heteroatoms. The SMILES string of the molecule is O=C(O)[C@@H]1CCCN2C(=O)CCC(N3C(=O)c4ccccc4C3=O)C(=O)N12. The summed E-state index contributed by atoms with van der Waals surface area (Å²) in [4.78, 5) is 63.6. The molecule has 3 aliphatic heterocycles. The van der Waals surface area contributed by atoms with Crippen LogP contribution >= 0.6 is 0 Å². The molecule has 1 unspecified atom stereocenters. The summed E-state index contributed by atoms with van der Waals surface area (Å²) in [6, 6.07) is 3.87. The van der Waals surface area contributed by atoms with E-state index in [9.17, 15) is 29.1 Å². The van der Waals surface area contributed by atoms with E-state index in [1.807, 2.05) is 0 Å². The van der Waals surface area contributed by atoms with Crippen molar-refractivity contribution in [3.05, 3.63) is 35.4 Å². The van der Waals surface area contributed by atoms with Crippen molar-refractivity contribution in [1.29, 1.82) is 0 Å². The van der Waals surface area contributed by atoms with Crippen molar-refractivity contribution >= 4 is 29.6 Å². The minimum Gasteiger partial charge on any atom is -0.480 e. The minimum atomic E-state index is -1.22. The zero-order valence-corrected chi connectivity index (χ0v) is 14.3. The van der Waals surface area contributed by atoms with Crippen LogP contribution in [0.4, 0.5) is 0 Å². The van der Waals surface area contributed by atoms with Crippen molar-refractivity contribution in [2.24, 2.45) is 0 Å². The average Bonchev–Trinajstić information content (AvgIpc) is 2.84. The van der Waals surface area contributed by atoms with Gasteiger partial charge in [-0.2, -0.15) is 0 Å². The molecule has 3 aliphatic rings. The molecule has 4 amide bonds. The van der Waals surface area contributed by atoms with Crippen LogP contribution in [-0.4, -0.2) is 68.3 Å². The van der Waals surface area contributed by atoms with Crippen LogP contribution in [0.1, 0.15) is 46.4 Å². The Morgan fingerprint density at radius 2 is 1.63 bits per heavy atom. The summed E-state index contributed by atoms with van der Waals surface area (Å²) in [6.45, 7) is 0.239. The summed E-state index contributed by atoms with van der Waals surface area (Å²) in [5.41, 5.74) is 0.410. The van der Waals surface area contributed by atoms with E-state index in [1.165, 1.54) is 12.1 Å². The highest BCUT2D eigenvalue weighted by molar-refractivity contribution is 6.23. The van der Waals surface area contributed by atoms with Gasteiger partial charge in [-0.1, -0.05) is 12.1 Å². The maximum atomic E-state index is 13.2. The number of carboxylic acids is 1. The highest BCUT2D eigenvalue weighted by atomic mass is 16.4. The van der Waals surface area contributed by atoms with Gasteiger partial charge in [0.05, 0.1) is 11.1 Å². The normalized spacial score (nSPS) is 25.4. The van der Waals surface area contributed by atoms with Crippen molar-refractivity contribution in [2.45, 2.75) is 37.8 Å². The largest absolute Gasteiger partial charge is 0.480 e. The van der Waals surface area contributed by atoms with Crippen LogP contribution in [0.2, 0.25) is 0 Å². The molecule has 0 saturated carbocycles. The molecule has 1 aromatic rings. The number of nitrogens with zero attached hydrogens (tertiary/aromatic N) is 3. The number of imide groups is 1. The van der Waals surface area contributed by atoms with E-state index in [0.29, 0.717) is 6.42 Å². The fourth-order valence-electron chi connectivity index (χ4n) is 3.97. The first kappa shape index (κ1) is 17.2. The fourth-order valence-corrected chi connectivity index (χ4v) is 3.97. The van der Waals surface area contributed by atoms with Crippen LogP contribution in [0.15, 0.2) is 24.3 Å². The second-order valence-electron chi connectivity index (χ2n) is 6.78. The van der Waals surface area contributed by atoms with Gasteiger partial charge in [0.25, 0.3) is 17.7 Å². The number of fused-ring (bicyclic) bond motifs is 2. The molecule has 2 atom stereocenters. The maximum Gasteiger partial charge on any atom is 0.328 e. The number of carbonyl (C=O) groups is 5. The summed E-state index contributed by atoms with van der Waals surface area (Å²) in [6.07, 6.45) is 0.596. The number of carboxylic acid groups (broad SMARTS) is 1. The summed E-state index contributed by atoms with van der Waals surface area (Å²) >= 11 is 0. The zero-order valence-electron chi connectivity index (χ0n) is 14.3. The Morgan fingerprint density at radius 1 is 1.00 bits per heavy atom. The fraction of sp³-hybridized carbons (Fsp3) is 0.389. The second-order valence-corrected chi connectivity index (χ2v) is 6.78. The van der Waals surface area contributed by atoms with E-state index in [1.54, 1.807) is 12.1 Å². The monoisotopic (exact) mass is 371 g/mol. The van der Waals surface area contributed by atoms with Gasteiger partial charge >= 0.3 is 5.97 Å². The third-order valence-electron chi connectivity index (χ3n) is 5.26. The molecule has 3 heterocycles. The van der Waals surface area contributed by atoms with Gasteiger partial charge in [0, 0.05) is 13.0 Å². The number of hydrogen-bond acceptors (Lipinski definition) is 5. The van der Waals surface area contributed by atoms with Crippen LogP contribution in [0.25, 0.3) is 0 Å². The molecule has 0 aliphatic carbocycles. The number of amides is 4. The summed E-state index contributed by atoms with van der Waals surface area (Å²) < 4.78 is 0. The highest BCUT2D eigenvalue weighted by Gasteiger charge is 2.50. The standard InChI is InChI=1S/C18H17N3O6/c22-14-8-7-12(17(25)21-13(18(26)27)6-3-9-19(14)21)20-15(23)10-4-1-2-5-11(10)16(20)24/h1-2,4-5,12-13H,3,6-9H2,(H,26,27)/t12?,13-/m0/s1. The van der Waals surface area contributed by atoms with E-state index < -0.39 is 35.8 Å². The molecule has 2 saturated heterocycles. The predicted octanol–water partition coefficient (Wildman–Crippen LogP) is 0.264. The Balaban J connectivity index is 1.73. The number of carbonyl (C=O) groups excluding carboxylic acids is 4. The van der Waals surface area contributed by atoms with E-state index >= 15 is 0 Å².